The van der Waals surface area contributed by atoms with Gasteiger partial charge in [-0.15, -0.1) is 0 Å². The molecule has 0 radical (unpaired) electrons. The molecule has 1 aliphatic heterocycles. The Morgan fingerprint density at radius 1 is 1.00 bits per heavy atom. The van der Waals surface area contributed by atoms with Crippen LogP contribution >= 0.6 is 23.2 Å². The van der Waals surface area contributed by atoms with E-state index in [1.807, 2.05) is 29.2 Å². The van der Waals surface area contributed by atoms with Crippen molar-refractivity contribution < 1.29 is 13.2 Å². The van der Waals surface area contributed by atoms with Crippen LogP contribution in [-0.4, -0.2) is 58.2 Å². The topological polar surface area (TPSA) is 60.9 Å². The van der Waals surface area contributed by atoms with Gasteiger partial charge in [0.25, 0.3) is 0 Å². The van der Waals surface area contributed by atoms with E-state index < -0.39 is 10.0 Å². The van der Waals surface area contributed by atoms with Crippen molar-refractivity contribution in [3.05, 3.63) is 58.6 Å². The number of halogens is 2. The number of nitrogens with zero attached hydrogens (tertiary/aromatic N) is 3. The van der Waals surface area contributed by atoms with Crippen molar-refractivity contribution in [2.24, 2.45) is 0 Å². The summed E-state index contributed by atoms with van der Waals surface area (Å²) in [6.45, 7) is 3.00. The molecular formula is C21H25Cl2N3O3S. The van der Waals surface area contributed by atoms with Crippen molar-refractivity contribution in [1.82, 2.24) is 4.90 Å². The van der Waals surface area contributed by atoms with Crippen LogP contribution in [0.25, 0.3) is 0 Å². The number of carbonyl (C=O) groups is 1. The van der Waals surface area contributed by atoms with Gasteiger partial charge in [-0.25, -0.2) is 8.42 Å². The zero-order valence-corrected chi connectivity index (χ0v) is 19.1. The molecule has 1 heterocycles. The zero-order valence-electron chi connectivity index (χ0n) is 16.8. The molecular weight excluding hydrogens is 445 g/mol. The van der Waals surface area contributed by atoms with Gasteiger partial charge in [0.15, 0.2) is 0 Å². The second-order valence-electron chi connectivity index (χ2n) is 7.26. The molecule has 6 nitrogen and oxygen atoms in total. The van der Waals surface area contributed by atoms with Crippen LogP contribution in [-0.2, 0) is 14.8 Å². The van der Waals surface area contributed by atoms with Gasteiger partial charge < -0.3 is 9.80 Å². The van der Waals surface area contributed by atoms with Crippen LogP contribution in [0, 0.1) is 0 Å². The maximum atomic E-state index is 12.6. The van der Waals surface area contributed by atoms with E-state index in [0.29, 0.717) is 41.7 Å². The van der Waals surface area contributed by atoms with Crippen molar-refractivity contribution in [2.75, 3.05) is 48.2 Å². The second kappa shape index (κ2) is 9.90. The molecule has 0 bridgehead atoms. The average molecular weight is 470 g/mol. The molecule has 9 heteroatoms. The fourth-order valence-electron chi connectivity index (χ4n) is 3.51. The SMILES string of the molecule is CS(=O)(=O)N(CCCC(=O)N1CCN(c2cccc(Cl)c2)CC1)c1ccc(Cl)cc1. The predicted octanol–water partition coefficient (Wildman–Crippen LogP) is 3.89. The van der Waals surface area contributed by atoms with Crippen LogP contribution in [0.3, 0.4) is 0 Å². The molecule has 0 N–H and O–H groups in total. The Bertz CT molecular complexity index is 975. The lowest BCUT2D eigenvalue weighted by Gasteiger charge is -2.36. The molecule has 30 heavy (non-hydrogen) atoms. The third-order valence-corrected chi connectivity index (χ3v) is 6.75. The summed E-state index contributed by atoms with van der Waals surface area (Å²) in [5.74, 6) is 0.0466. The zero-order chi connectivity index (χ0) is 21.7. The second-order valence-corrected chi connectivity index (χ2v) is 10.0. The van der Waals surface area contributed by atoms with Crippen LogP contribution < -0.4 is 9.21 Å². The predicted molar refractivity (Wildman–Crippen MR) is 123 cm³/mol. The number of benzene rings is 2. The minimum atomic E-state index is -3.45. The molecule has 0 aromatic heterocycles. The maximum absolute atomic E-state index is 12.6. The van der Waals surface area contributed by atoms with Gasteiger partial charge in [-0.3, -0.25) is 9.10 Å². The highest BCUT2D eigenvalue weighted by Gasteiger charge is 2.22. The molecule has 0 unspecified atom stereocenters. The van der Waals surface area contributed by atoms with Gasteiger partial charge in [0, 0.05) is 54.9 Å². The third kappa shape index (κ3) is 6.03. The molecule has 0 atom stereocenters. The number of sulfonamides is 1. The van der Waals surface area contributed by atoms with E-state index in [1.165, 1.54) is 10.6 Å². The maximum Gasteiger partial charge on any atom is 0.232 e. The monoisotopic (exact) mass is 469 g/mol. The number of hydrogen-bond acceptors (Lipinski definition) is 4. The summed E-state index contributed by atoms with van der Waals surface area (Å²) in [6, 6.07) is 14.3. The highest BCUT2D eigenvalue weighted by molar-refractivity contribution is 7.92. The van der Waals surface area contributed by atoms with Gasteiger partial charge in [0.2, 0.25) is 15.9 Å². The minimum absolute atomic E-state index is 0.0466. The van der Waals surface area contributed by atoms with Crippen LogP contribution in [0.4, 0.5) is 11.4 Å². The Hall–Kier alpha value is -1.96. The number of amides is 1. The summed E-state index contributed by atoms with van der Waals surface area (Å²) in [7, 11) is -3.45. The number of piperazine rings is 1. The number of anilines is 2. The lowest BCUT2D eigenvalue weighted by atomic mass is 10.2. The Morgan fingerprint density at radius 3 is 2.27 bits per heavy atom. The Morgan fingerprint density at radius 2 is 1.67 bits per heavy atom. The largest absolute Gasteiger partial charge is 0.368 e. The Kier molecular flexibility index (Phi) is 7.50. The molecule has 2 aromatic carbocycles. The first-order chi connectivity index (χ1) is 14.2. The van der Waals surface area contributed by atoms with E-state index in [4.69, 9.17) is 23.2 Å². The van der Waals surface area contributed by atoms with Gasteiger partial charge in [-0.1, -0.05) is 29.3 Å². The summed E-state index contributed by atoms with van der Waals surface area (Å²) in [6.07, 6.45) is 1.91. The van der Waals surface area contributed by atoms with Crippen molar-refractivity contribution >= 4 is 50.5 Å². The van der Waals surface area contributed by atoms with E-state index in [1.54, 1.807) is 24.3 Å². The molecule has 2 aromatic rings. The van der Waals surface area contributed by atoms with Gasteiger partial charge >= 0.3 is 0 Å². The molecule has 1 amide bonds. The van der Waals surface area contributed by atoms with E-state index in [0.717, 1.165) is 18.8 Å². The summed E-state index contributed by atoms with van der Waals surface area (Å²) < 4.78 is 25.7. The first-order valence-electron chi connectivity index (χ1n) is 9.75. The molecule has 0 spiro atoms. The molecule has 0 saturated carbocycles. The van der Waals surface area contributed by atoms with Crippen molar-refractivity contribution in [2.45, 2.75) is 12.8 Å². The fraction of sp³-hybridized carbons (Fsp3) is 0.381. The van der Waals surface area contributed by atoms with Crippen LogP contribution in [0.1, 0.15) is 12.8 Å². The smallest absolute Gasteiger partial charge is 0.232 e. The standard InChI is InChI=1S/C21H25Cl2N3O3S/c1-30(28,29)26(19-9-7-17(22)8-10-19)11-3-6-21(27)25-14-12-24(13-15-25)20-5-2-4-18(23)16-20/h2,4-5,7-10,16H,3,6,11-15H2,1H3. The summed E-state index contributed by atoms with van der Waals surface area (Å²) in [5, 5.41) is 1.24. The highest BCUT2D eigenvalue weighted by Crippen LogP contribution is 2.22. The first-order valence-corrected chi connectivity index (χ1v) is 12.4. The molecule has 1 aliphatic rings. The van der Waals surface area contributed by atoms with Gasteiger partial charge in [0.1, 0.15) is 0 Å². The van der Waals surface area contributed by atoms with E-state index in [2.05, 4.69) is 4.90 Å². The molecule has 162 valence electrons. The van der Waals surface area contributed by atoms with Crippen molar-refractivity contribution in [3.63, 3.8) is 0 Å². The summed E-state index contributed by atoms with van der Waals surface area (Å²) in [4.78, 5) is 16.7. The van der Waals surface area contributed by atoms with Crippen LogP contribution in [0.5, 0.6) is 0 Å². The fourth-order valence-corrected chi connectivity index (χ4v) is 4.79. The number of rotatable bonds is 7. The highest BCUT2D eigenvalue weighted by atomic mass is 35.5. The quantitative estimate of drug-likeness (QED) is 0.616. The molecule has 1 fully saturated rings. The van der Waals surface area contributed by atoms with Gasteiger partial charge in [-0.2, -0.15) is 0 Å². The molecule has 0 aliphatic carbocycles. The first kappa shape index (κ1) is 22.7. The van der Waals surface area contributed by atoms with Crippen LogP contribution in [0.2, 0.25) is 10.0 Å². The minimum Gasteiger partial charge on any atom is -0.368 e. The van der Waals surface area contributed by atoms with Crippen molar-refractivity contribution in [3.8, 4) is 0 Å². The van der Waals surface area contributed by atoms with E-state index in [9.17, 15) is 13.2 Å². The Labute approximate surface area is 188 Å². The summed E-state index contributed by atoms with van der Waals surface area (Å²) >= 11 is 12.0. The average Bonchev–Trinajstić information content (AvgIpc) is 2.71. The summed E-state index contributed by atoms with van der Waals surface area (Å²) in [5.41, 5.74) is 1.60. The van der Waals surface area contributed by atoms with Crippen molar-refractivity contribution in [1.29, 1.82) is 0 Å². The van der Waals surface area contributed by atoms with E-state index in [-0.39, 0.29) is 12.5 Å². The number of hydrogen-bond donors (Lipinski definition) is 0. The lowest BCUT2D eigenvalue weighted by Crippen LogP contribution is -2.48. The molecule has 3 rings (SSSR count). The Balaban J connectivity index is 1.51. The lowest BCUT2D eigenvalue weighted by molar-refractivity contribution is -0.131. The number of carbonyl (C=O) groups excluding carboxylic acids is 1. The normalized spacial score (nSPS) is 14.6. The molecule has 1 saturated heterocycles. The van der Waals surface area contributed by atoms with E-state index >= 15 is 0 Å². The third-order valence-electron chi connectivity index (χ3n) is 5.07. The van der Waals surface area contributed by atoms with Crippen LogP contribution in [0.15, 0.2) is 48.5 Å². The van der Waals surface area contributed by atoms with Gasteiger partial charge in [-0.05, 0) is 48.9 Å². The van der Waals surface area contributed by atoms with Gasteiger partial charge in [0.05, 0.1) is 11.9 Å².